The zero-order chi connectivity index (χ0) is 13.9. The van der Waals surface area contributed by atoms with Crippen molar-refractivity contribution in [1.82, 2.24) is 10.6 Å². The van der Waals surface area contributed by atoms with Crippen molar-refractivity contribution in [2.45, 2.75) is 50.7 Å². The van der Waals surface area contributed by atoms with E-state index in [1.807, 2.05) is 6.92 Å². The summed E-state index contributed by atoms with van der Waals surface area (Å²) in [5.74, 6) is -1.09. The number of carbonyl (C=O) groups excluding carboxylic acids is 1. The van der Waals surface area contributed by atoms with Gasteiger partial charge >= 0.3 is 12.0 Å². The predicted octanol–water partition coefficient (Wildman–Crippen LogP) is 1.11. The fourth-order valence-electron chi connectivity index (χ4n) is 2.82. The molecule has 19 heavy (non-hydrogen) atoms. The highest BCUT2D eigenvalue weighted by molar-refractivity contribution is 5.75. The molecule has 0 aromatic heterocycles. The third kappa shape index (κ3) is 3.83. The van der Waals surface area contributed by atoms with Gasteiger partial charge in [-0.2, -0.15) is 0 Å². The molecule has 1 heterocycles. The van der Waals surface area contributed by atoms with Crippen molar-refractivity contribution >= 4 is 12.0 Å². The summed E-state index contributed by atoms with van der Waals surface area (Å²) in [5.41, 5.74) is -0.253. The molecule has 0 aromatic rings. The molecule has 0 bridgehead atoms. The van der Waals surface area contributed by atoms with E-state index < -0.39 is 5.97 Å². The summed E-state index contributed by atoms with van der Waals surface area (Å²) in [5, 5.41) is 14.6. The van der Waals surface area contributed by atoms with Gasteiger partial charge in [-0.15, -0.1) is 0 Å². The standard InChI is InChI=1S/C13H22N2O4/c1-13(5-2-6-19-13)8-14-12(18)15-10-4-3-9(7-10)11(16)17/h9-10H,2-8H2,1H3,(H,16,17)(H2,14,15,18). The second-order valence-corrected chi connectivity index (χ2v) is 5.77. The number of hydrogen-bond acceptors (Lipinski definition) is 3. The van der Waals surface area contributed by atoms with Gasteiger partial charge in [0.1, 0.15) is 0 Å². The number of carbonyl (C=O) groups is 2. The normalized spacial score (nSPS) is 34.2. The van der Waals surface area contributed by atoms with E-state index in [1.165, 1.54) is 0 Å². The van der Waals surface area contributed by atoms with Crippen molar-refractivity contribution in [1.29, 1.82) is 0 Å². The van der Waals surface area contributed by atoms with Gasteiger partial charge in [-0.25, -0.2) is 4.79 Å². The molecule has 0 spiro atoms. The van der Waals surface area contributed by atoms with Crippen LogP contribution in [0.3, 0.4) is 0 Å². The number of rotatable bonds is 4. The van der Waals surface area contributed by atoms with E-state index in [9.17, 15) is 9.59 Å². The summed E-state index contributed by atoms with van der Waals surface area (Å²) in [7, 11) is 0. The van der Waals surface area contributed by atoms with E-state index in [1.54, 1.807) is 0 Å². The molecule has 6 nitrogen and oxygen atoms in total. The maximum atomic E-state index is 11.7. The summed E-state index contributed by atoms with van der Waals surface area (Å²) in [6, 6.07) is -0.258. The summed E-state index contributed by atoms with van der Waals surface area (Å²) < 4.78 is 5.59. The molecule has 2 rings (SSSR count). The van der Waals surface area contributed by atoms with Gasteiger partial charge in [0.05, 0.1) is 11.5 Å². The number of amides is 2. The molecule has 1 aliphatic heterocycles. The Morgan fingerprint density at radius 3 is 2.79 bits per heavy atom. The second-order valence-electron chi connectivity index (χ2n) is 5.77. The average molecular weight is 270 g/mol. The topological polar surface area (TPSA) is 87.7 Å². The van der Waals surface area contributed by atoms with Gasteiger partial charge in [-0.05, 0) is 39.0 Å². The molecule has 2 aliphatic rings. The summed E-state index contributed by atoms with van der Waals surface area (Å²) in [4.78, 5) is 22.6. The maximum Gasteiger partial charge on any atom is 0.315 e. The third-order valence-corrected chi connectivity index (χ3v) is 4.04. The SMILES string of the molecule is CC1(CNC(=O)NC2CCC(C(=O)O)C2)CCCO1. The van der Waals surface area contributed by atoms with Gasteiger partial charge < -0.3 is 20.5 Å². The number of nitrogens with one attached hydrogen (secondary N) is 2. The molecule has 2 fully saturated rings. The van der Waals surface area contributed by atoms with Gasteiger partial charge in [0.15, 0.2) is 0 Å². The highest BCUT2D eigenvalue weighted by atomic mass is 16.5. The van der Waals surface area contributed by atoms with Crippen LogP contribution in [0.4, 0.5) is 4.79 Å². The molecule has 3 atom stereocenters. The Labute approximate surface area is 112 Å². The van der Waals surface area contributed by atoms with Crippen molar-refractivity contribution in [2.75, 3.05) is 13.2 Å². The lowest BCUT2D eigenvalue weighted by Gasteiger charge is -2.24. The fourth-order valence-corrected chi connectivity index (χ4v) is 2.82. The monoisotopic (exact) mass is 270 g/mol. The number of hydrogen-bond donors (Lipinski definition) is 3. The Morgan fingerprint density at radius 1 is 1.42 bits per heavy atom. The molecular formula is C13H22N2O4. The van der Waals surface area contributed by atoms with Crippen LogP contribution in [0, 0.1) is 5.92 Å². The first kappa shape index (κ1) is 14.1. The Balaban J connectivity index is 1.69. The quantitative estimate of drug-likeness (QED) is 0.714. The third-order valence-electron chi connectivity index (χ3n) is 4.04. The highest BCUT2D eigenvalue weighted by Gasteiger charge is 2.32. The Morgan fingerprint density at radius 2 is 2.21 bits per heavy atom. The zero-order valence-electron chi connectivity index (χ0n) is 11.3. The van der Waals surface area contributed by atoms with E-state index in [4.69, 9.17) is 9.84 Å². The first-order valence-electron chi connectivity index (χ1n) is 6.90. The highest BCUT2D eigenvalue weighted by Crippen LogP contribution is 2.26. The summed E-state index contributed by atoms with van der Waals surface area (Å²) in [6.07, 6.45) is 3.89. The van der Waals surface area contributed by atoms with Crippen LogP contribution in [-0.2, 0) is 9.53 Å². The number of aliphatic carboxylic acids is 1. The maximum absolute atomic E-state index is 11.7. The van der Waals surface area contributed by atoms with E-state index in [-0.39, 0.29) is 23.6 Å². The van der Waals surface area contributed by atoms with Crippen LogP contribution in [0.25, 0.3) is 0 Å². The molecule has 108 valence electrons. The average Bonchev–Trinajstić information content (AvgIpc) is 2.97. The minimum atomic E-state index is -0.767. The largest absolute Gasteiger partial charge is 0.481 e. The molecule has 2 amide bonds. The van der Waals surface area contributed by atoms with Crippen LogP contribution in [0.2, 0.25) is 0 Å². The van der Waals surface area contributed by atoms with Crippen molar-refractivity contribution < 1.29 is 19.4 Å². The van der Waals surface area contributed by atoms with Crippen LogP contribution in [0.15, 0.2) is 0 Å². The zero-order valence-corrected chi connectivity index (χ0v) is 11.3. The van der Waals surface area contributed by atoms with Gasteiger partial charge in [0.25, 0.3) is 0 Å². The predicted molar refractivity (Wildman–Crippen MR) is 68.9 cm³/mol. The van der Waals surface area contributed by atoms with Gasteiger partial charge in [0, 0.05) is 19.2 Å². The van der Waals surface area contributed by atoms with E-state index in [2.05, 4.69) is 10.6 Å². The lowest BCUT2D eigenvalue weighted by Crippen LogP contribution is -2.47. The molecule has 1 aliphatic carbocycles. The van der Waals surface area contributed by atoms with Gasteiger partial charge in [-0.3, -0.25) is 4.79 Å². The first-order valence-corrected chi connectivity index (χ1v) is 6.90. The van der Waals surface area contributed by atoms with Crippen molar-refractivity contribution in [2.24, 2.45) is 5.92 Å². The Bertz CT molecular complexity index is 353. The van der Waals surface area contributed by atoms with E-state index >= 15 is 0 Å². The molecule has 0 radical (unpaired) electrons. The fraction of sp³-hybridized carbons (Fsp3) is 0.846. The number of ether oxygens (including phenoxy) is 1. The summed E-state index contributed by atoms with van der Waals surface area (Å²) >= 11 is 0. The van der Waals surface area contributed by atoms with Crippen molar-refractivity contribution in [3.63, 3.8) is 0 Å². The van der Waals surface area contributed by atoms with Crippen LogP contribution in [0.1, 0.15) is 39.0 Å². The first-order chi connectivity index (χ1) is 8.98. The lowest BCUT2D eigenvalue weighted by atomic mass is 10.0. The van der Waals surface area contributed by atoms with Crippen LogP contribution >= 0.6 is 0 Å². The van der Waals surface area contributed by atoms with E-state index in [0.29, 0.717) is 19.4 Å². The number of urea groups is 1. The molecular weight excluding hydrogens is 248 g/mol. The van der Waals surface area contributed by atoms with E-state index in [0.717, 1.165) is 25.9 Å². The van der Waals surface area contributed by atoms with Crippen LogP contribution in [0.5, 0.6) is 0 Å². The second kappa shape index (κ2) is 5.77. The molecule has 1 saturated heterocycles. The minimum absolute atomic E-state index is 0.0293. The van der Waals surface area contributed by atoms with Crippen molar-refractivity contribution in [3.05, 3.63) is 0 Å². The molecule has 1 saturated carbocycles. The van der Waals surface area contributed by atoms with Crippen LogP contribution < -0.4 is 10.6 Å². The minimum Gasteiger partial charge on any atom is -0.481 e. The molecule has 6 heteroatoms. The number of carboxylic acids is 1. The Kier molecular flexibility index (Phi) is 4.29. The van der Waals surface area contributed by atoms with Gasteiger partial charge in [0.2, 0.25) is 0 Å². The van der Waals surface area contributed by atoms with Gasteiger partial charge in [-0.1, -0.05) is 0 Å². The lowest BCUT2D eigenvalue weighted by molar-refractivity contribution is -0.141. The van der Waals surface area contributed by atoms with Crippen molar-refractivity contribution in [3.8, 4) is 0 Å². The molecule has 3 unspecified atom stereocenters. The smallest absolute Gasteiger partial charge is 0.315 e. The number of carboxylic acid groups (broad SMARTS) is 1. The summed E-state index contributed by atoms with van der Waals surface area (Å²) in [6.45, 7) is 3.24. The van der Waals surface area contributed by atoms with Crippen LogP contribution in [-0.4, -0.2) is 41.9 Å². The molecule has 3 N–H and O–H groups in total. The molecule has 0 aromatic carbocycles. The Hall–Kier alpha value is -1.30.